The van der Waals surface area contributed by atoms with Crippen molar-refractivity contribution in [2.45, 2.75) is 19.3 Å². The largest absolute Gasteiger partial charge is 0.497 e. The monoisotopic (exact) mass is 373 g/mol. The van der Waals surface area contributed by atoms with E-state index in [1.54, 1.807) is 18.4 Å². The molecule has 1 aromatic heterocycles. The second-order valence-electron chi connectivity index (χ2n) is 6.49. The Morgan fingerprint density at radius 1 is 1.27 bits per heavy atom. The van der Waals surface area contributed by atoms with Crippen molar-refractivity contribution in [1.82, 2.24) is 9.88 Å². The highest BCUT2D eigenvalue weighted by Gasteiger charge is 2.19. The lowest BCUT2D eigenvalue weighted by molar-refractivity contribution is 0.380. The molecule has 1 aliphatic rings. The molecule has 1 unspecified atom stereocenters. The van der Waals surface area contributed by atoms with E-state index in [1.165, 1.54) is 5.56 Å². The zero-order chi connectivity index (χ0) is 18.4. The number of rotatable bonds is 6. The first-order chi connectivity index (χ1) is 12.7. The molecule has 2 aromatic rings. The summed E-state index contributed by atoms with van der Waals surface area (Å²) in [6.45, 7) is 6.62. The molecule has 1 fully saturated rings. The first kappa shape index (κ1) is 18.5. The van der Waals surface area contributed by atoms with Crippen LogP contribution in [0.2, 0.25) is 0 Å². The van der Waals surface area contributed by atoms with Crippen LogP contribution in [0.4, 0.5) is 5.13 Å². The van der Waals surface area contributed by atoms with Crippen molar-refractivity contribution in [3.8, 4) is 5.75 Å². The molecule has 0 amide bonds. The van der Waals surface area contributed by atoms with E-state index in [0.717, 1.165) is 50.0 Å². The normalized spacial score (nSPS) is 16.6. The number of hydrogen-bond acceptors (Lipinski definition) is 5. The molecule has 140 valence electrons. The molecule has 7 heteroatoms. The summed E-state index contributed by atoms with van der Waals surface area (Å²) in [5.74, 6) is 1.99. The van der Waals surface area contributed by atoms with E-state index in [0.29, 0.717) is 11.9 Å². The van der Waals surface area contributed by atoms with Gasteiger partial charge in [-0.2, -0.15) is 0 Å². The number of aliphatic imine (C=N–C) groups is 1. The summed E-state index contributed by atoms with van der Waals surface area (Å²) in [5.41, 5.74) is 7.51. The van der Waals surface area contributed by atoms with Crippen molar-refractivity contribution < 1.29 is 4.74 Å². The number of methoxy groups -OCH3 is 1. The summed E-state index contributed by atoms with van der Waals surface area (Å²) < 4.78 is 5.21. The third-order valence-corrected chi connectivity index (χ3v) is 5.65. The number of ether oxygens (including phenoxy) is 1. The van der Waals surface area contributed by atoms with Crippen LogP contribution in [0.25, 0.3) is 0 Å². The van der Waals surface area contributed by atoms with E-state index in [1.807, 2.05) is 23.7 Å². The maximum absolute atomic E-state index is 6.20. The summed E-state index contributed by atoms with van der Waals surface area (Å²) in [7, 11) is 1.69. The predicted molar refractivity (Wildman–Crippen MR) is 108 cm³/mol. The van der Waals surface area contributed by atoms with Gasteiger partial charge in [-0.1, -0.05) is 19.1 Å². The van der Waals surface area contributed by atoms with Gasteiger partial charge in [-0.15, -0.1) is 11.3 Å². The molecule has 0 aliphatic carbocycles. The average molecular weight is 374 g/mol. The minimum atomic E-state index is 0.444. The van der Waals surface area contributed by atoms with Crippen LogP contribution in [-0.4, -0.2) is 55.7 Å². The van der Waals surface area contributed by atoms with Crippen LogP contribution in [-0.2, 0) is 0 Å². The lowest BCUT2D eigenvalue weighted by Gasteiger charge is -2.35. The fourth-order valence-electron chi connectivity index (χ4n) is 3.07. The standard InChI is InChI=1S/C19H27N5OS/c1-15(16-3-5-17(25-2)6-4-16)7-8-21-18(20)23-10-12-24(13-11-23)19-22-9-14-26-19/h3-6,9,14-15H,7-8,10-13H2,1-2H3,(H2,20,21). The van der Waals surface area contributed by atoms with Gasteiger partial charge in [-0.05, 0) is 30.0 Å². The van der Waals surface area contributed by atoms with Gasteiger partial charge in [0, 0.05) is 44.3 Å². The summed E-state index contributed by atoms with van der Waals surface area (Å²) >= 11 is 1.68. The van der Waals surface area contributed by atoms with E-state index in [4.69, 9.17) is 10.5 Å². The third kappa shape index (κ3) is 4.66. The van der Waals surface area contributed by atoms with Crippen molar-refractivity contribution >= 4 is 22.4 Å². The van der Waals surface area contributed by atoms with E-state index >= 15 is 0 Å². The van der Waals surface area contributed by atoms with Crippen LogP contribution in [0.3, 0.4) is 0 Å². The second-order valence-corrected chi connectivity index (χ2v) is 7.36. The third-order valence-electron chi connectivity index (χ3n) is 4.81. The minimum absolute atomic E-state index is 0.444. The van der Waals surface area contributed by atoms with Crippen molar-refractivity contribution in [2.24, 2.45) is 10.7 Å². The molecular weight excluding hydrogens is 346 g/mol. The van der Waals surface area contributed by atoms with Gasteiger partial charge in [0.15, 0.2) is 11.1 Å². The van der Waals surface area contributed by atoms with Gasteiger partial charge in [0.2, 0.25) is 0 Å². The summed E-state index contributed by atoms with van der Waals surface area (Å²) in [5, 5.41) is 3.11. The van der Waals surface area contributed by atoms with Crippen LogP contribution in [0.5, 0.6) is 5.75 Å². The number of thiazole rings is 1. The van der Waals surface area contributed by atoms with E-state index in [9.17, 15) is 0 Å². The lowest BCUT2D eigenvalue weighted by Crippen LogP contribution is -2.51. The van der Waals surface area contributed by atoms with E-state index in [2.05, 4.69) is 38.8 Å². The average Bonchev–Trinajstić information content (AvgIpc) is 3.23. The Kier molecular flexibility index (Phi) is 6.33. The summed E-state index contributed by atoms with van der Waals surface area (Å²) in [4.78, 5) is 13.4. The predicted octanol–water partition coefficient (Wildman–Crippen LogP) is 2.78. The van der Waals surface area contributed by atoms with Crippen LogP contribution in [0, 0.1) is 0 Å². The minimum Gasteiger partial charge on any atom is -0.497 e. The van der Waals surface area contributed by atoms with Crippen molar-refractivity contribution in [1.29, 1.82) is 0 Å². The number of anilines is 1. The quantitative estimate of drug-likeness (QED) is 0.623. The number of nitrogens with two attached hydrogens (primary N) is 1. The smallest absolute Gasteiger partial charge is 0.191 e. The highest BCUT2D eigenvalue weighted by molar-refractivity contribution is 7.13. The van der Waals surface area contributed by atoms with Gasteiger partial charge in [0.05, 0.1) is 7.11 Å². The Bertz CT molecular complexity index is 693. The van der Waals surface area contributed by atoms with Gasteiger partial charge >= 0.3 is 0 Å². The Morgan fingerprint density at radius 3 is 2.62 bits per heavy atom. The fourth-order valence-corrected chi connectivity index (χ4v) is 3.77. The highest BCUT2D eigenvalue weighted by atomic mass is 32.1. The summed E-state index contributed by atoms with van der Waals surface area (Å²) in [6, 6.07) is 8.25. The van der Waals surface area contributed by atoms with Crippen LogP contribution in [0.15, 0.2) is 40.8 Å². The van der Waals surface area contributed by atoms with Crippen molar-refractivity contribution in [3.05, 3.63) is 41.4 Å². The van der Waals surface area contributed by atoms with Gasteiger partial charge in [0.1, 0.15) is 5.75 Å². The zero-order valence-electron chi connectivity index (χ0n) is 15.5. The van der Waals surface area contributed by atoms with E-state index in [-0.39, 0.29) is 0 Å². The van der Waals surface area contributed by atoms with Crippen LogP contribution >= 0.6 is 11.3 Å². The first-order valence-electron chi connectivity index (χ1n) is 9.00. The Hall–Kier alpha value is -2.28. The number of nitrogens with zero attached hydrogens (tertiary/aromatic N) is 4. The molecule has 1 aliphatic heterocycles. The summed E-state index contributed by atoms with van der Waals surface area (Å²) in [6.07, 6.45) is 2.83. The number of guanidine groups is 1. The molecule has 0 spiro atoms. The van der Waals surface area contributed by atoms with Crippen LogP contribution < -0.4 is 15.4 Å². The van der Waals surface area contributed by atoms with Gasteiger partial charge in [-0.3, -0.25) is 4.99 Å². The van der Waals surface area contributed by atoms with Crippen molar-refractivity contribution in [3.63, 3.8) is 0 Å². The molecule has 3 rings (SSSR count). The molecule has 2 N–H and O–H groups in total. The highest BCUT2D eigenvalue weighted by Crippen LogP contribution is 2.22. The van der Waals surface area contributed by atoms with Crippen molar-refractivity contribution in [2.75, 3.05) is 44.7 Å². The molecular formula is C19H27N5OS. The number of aromatic nitrogens is 1. The zero-order valence-corrected chi connectivity index (χ0v) is 16.3. The van der Waals surface area contributed by atoms with Gasteiger partial charge in [0.25, 0.3) is 0 Å². The van der Waals surface area contributed by atoms with Gasteiger partial charge in [-0.25, -0.2) is 4.98 Å². The molecule has 1 aromatic carbocycles. The van der Waals surface area contributed by atoms with Crippen LogP contribution in [0.1, 0.15) is 24.8 Å². The Morgan fingerprint density at radius 2 is 2.00 bits per heavy atom. The first-order valence-corrected chi connectivity index (χ1v) is 9.88. The second kappa shape index (κ2) is 8.89. The molecule has 1 saturated heterocycles. The molecule has 0 saturated carbocycles. The Labute approximate surface area is 159 Å². The number of benzene rings is 1. The molecule has 1 atom stereocenters. The molecule has 0 radical (unpaired) electrons. The maximum atomic E-state index is 6.20. The Balaban J connectivity index is 1.44. The molecule has 0 bridgehead atoms. The topological polar surface area (TPSA) is 67.0 Å². The van der Waals surface area contributed by atoms with Gasteiger partial charge < -0.3 is 20.3 Å². The maximum Gasteiger partial charge on any atom is 0.191 e. The lowest BCUT2D eigenvalue weighted by atomic mass is 9.98. The SMILES string of the molecule is COc1ccc(C(C)CCN=C(N)N2CCN(c3nccs3)CC2)cc1. The molecule has 6 nitrogen and oxygen atoms in total. The van der Waals surface area contributed by atoms with E-state index < -0.39 is 0 Å². The molecule has 2 heterocycles. The number of hydrogen-bond donors (Lipinski definition) is 1. The number of piperazine rings is 1. The molecule has 26 heavy (non-hydrogen) atoms. The fraction of sp³-hybridized carbons (Fsp3) is 0.474.